The van der Waals surface area contributed by atoms with E-state index >= 15 is 0 Å². The second-order valence-corrected chi connectivity index (χ2v) is 9.98. The van der Waals surface area contributed by atoms with E-state index in [1.54, 1.807) is 64.1 Å². The first kappa shape index (κ1) is 33.0. The molecule has 1 aliphatic carbocycles. The number of ether oxygens (including phenoxy) is 4. The third kappa shape index (κ3) is 9.17. The molecule has 12 nitrogen and oxygen atoms in total. The predicted molar refractivity (Wildman–Crippen MR) is 147 cm³/mol. The summed E-state index contributed by atoms with van der Waals surface area (Å²) in [5.74, 6) is -4.70. The van der Waals surface area contributed by atoms with E-state index in [9.17, 15) is 29.1 Å². The average Bonchev–Trinajstić information content (AvgIpc) is 2.87. The quantitative estimate of drug-likeness (QED) is 0.180. The summed E-state index contributed by atoms with van der Waals surface area (Å²) >= 11 is 0. The highest BCUT2D eigenvalue weighted by molar-refractivity contribution is 5.90. The average molecular weight is 575 g/mol. The number of aromatic carboxylic acids is 1. The summed E-state index contributed by atoms with van der Waals surface area (Å²) in [6, 6.07) is 4.83. The number of hydrogen-bond donors (Lipinski definition) is 3. The Balaban J connectivity index is 2.62. The maximum atomic E-state index is 13.1. The third-order valence-electron chi connectivity index (χ3n) is 6.00. The number of carbonyl (C=O) groups excluding carboxylic acids is 4. The third-order valence-corrected chi connectivity index (χ3v) is 6.00. The zero-order valence-corrected chi connectivity index (χ0v) is 24.0. The normalized spacial score (nSPS) is 19.3. The van der Waals surface area contributed by atoms with Crippen LogP contribution in [0.3, 0.4) is 0 Å². The molecule has 0 aromatic heterocycles. The van der Waals surface area contributed by atoms with Gasteiger partial charge in [-0.1, -0.05) is 50.3 Å². The van der Waals surface area contributed by atoms with Crippen LogP contribution in [0.2, 0.25) is 0 Å². The first-order chi connectivity index (χ1) is 19.3. The van der Waals surface area contributed by atoms with Crippen LogP contribution in [0, 0.1) is 5.92 Å². The summed E-state index contributed by atoms with van der Waals surface area (Å²) in [7, 11) is 1.54. The van der Waals surface area contributed by atoms with E-state index in [4.69, 9.17) is 18.9 Å². The fraction of sp³-hybridized carbons (Fsp3) is 0.483. The smallest absolute Gasteiger partial charge is 0.410 e. The number of allylic oxidation sites excluding steroid dienone is 2. The van der Waals surface area contributed by atoms with Gasteiger partial charge in [-0.25, -0.2) is 9.59 Å². The molecule has 1 amide bonds. The van der Waals surface area contributed by atoms with E-state index < -0.39 is 72.3 Å². The lowest BCUT2D eigenvalue weighted by Crippen LogP contribution is -2.59. The summed E-state index contributed by atoms with van der Waals surface area (Å²) < 4.78 is 21.6. The molecule has 3 unspecified atom stereocenters. The molecule has 3 N–H and O–H groups in total. The number of benzene rings is 1. The number of hydrogen-bond acceptors (Lipinski definition) is 10. The molecule has 12 heteroatoms. The van der Waals surface area contributed by atoms with E-state index in [0.29, 0.717) is 0 Å². The highest BCUT2D eigenvalue weighted by Gasteiger charge is 2.50. The summed E-state index contributed by atoms with van der Waals surface area (Å²) in [5.41, 5.74) is -1.59. The highest BCUT2D eigenvalue weighted by Crippen LogP contribution is 2.42. The molecular weight excluding hydrogens is 536 g/mol. The molecule has 2 rings (SSSR count). The van der Waals surface area contributed by atoms with Crippen LogP contribution in [-0.4, -0.2) is 72.7 Å². The molecule has 0 radical (unpaired) electrons. The molecular formula is C29H38N2O10. The van der Waals surface area contributed by atoms with Crippen LogP contribution in [0.15, 0.2) is 48.6 Å². The van der Waals surface area contributed by atoms with Gasteiger partial charge in [0.15, 0.2) is 5.60 Å². The zero-order valence-electron chi connectivity index (χ0n) is 24.0. The molecule has 0 bridgehead atoms. The number of rotatable bonds is 13. The number of carbonyl (C=O) groups is 5. The largest absolute Gasteiger partial charge is 0.478 e. The van der Waals surface area contributed by atoms with Crippen molar-refractivity contribution < 1.29 is 48.0 Å². The fourth-order valence-electron chi connectivity index (χ4n) is 4.28. The van der Waals surface area contributed by atoms with Gasteiger partial charge in [-0.3, -0.25) is 14.4 Å². The van der Waals surface area contributed by atoms with E-state index in [1.807, 2.05) is 0 Å². The van der Waals surface area contributed by atoms with E-state index in [2.05, 4.69) is 10.6 Å². The van der Waals surface area contributed by atoms with Crippen molar-refractivity contribution in [2.24, 2.45) is 5.92 Å². The number of amides is 1. The summed E-state index contributed by atoms with van der Waals surface area (Å²) in [6.45, 7) is 7.66. The van der Waals surface area contributed by atoms with Crippen molar-refractivity contribution >= 4 is 30.0 Å². The molecule has 1 aromatic rings. The molecule has 0 aliphatic heterocycles. The molecule has 1 aromatic carbocycles. The zero-order chi connectivity index (χ0) is 30.7. The van der Waals surface area contributed by atoms with Crippen LogP contribution < -0.4 is 10.6 Å². The van der Waals surface area contributed by atoms with E-state index in [-0.39, 0.29) is 17.7 Å². The Morgan fingerprint density at radius 3 is 2.24 bits per heavy atom. The lowest BCUT2D eigenvalue weighted by atomic mass is 9.72. The number of nitrogens with one attached hydrogen (secondary N) is 2. The van der Waals surface area contributed by atoms with Gasteiger partial charge in [-0.05, 0) is 38.6 Å². The molecule has 0 saturated carbocycles. The van der Waals surface area contributed by atoms with Crippen molar-refractivity contribution in [2.75, 3.05) is 13.6 Å². The van der Waals surface area contributed by atoms with Crippen molar-refractivity contribution in [1.29, 1.82) is 0 Å². The molecule has 0 fully saturated rings. The van der Waals surface area contributed by atoms with Gasteiger partial charge < -0.3 is 34.7 Å². The summed E-state index contributed by atoms with van der Waals surface area (Å²) in [6.07, 6.45) is 2.99. The molecule has 0 heterocycles. The molecule has 4 atom stereocenters. The highest BCUT2D eigenvalue weighted by atomic mass is 16.7. The Labute approximate surface area is 239 Å². The van der Waals surface area contributed by atoms with Gasteiger partial charge in [-0.15, -0.1) is 0 Å². The summed E-state index contributed by atoms with van der Waals surface area (Å²) in [4.78, 5) is 63.0. The van der Waals surface area contributed by atoms with Crippen molar-refractivity contribution in [3.63, 3.8) is 0 Å². The van der Waals surface area contributed by atoms with Crippen LogP contribution in [-0.2, 0) is 33.3 Å². The second kappa shape index (κ2) is 15.0. The lowest BCUT2D eigenvalue weighted by Gasteiger charge is -2.44. The number of likely N-dealkylation sites (N-methyl/N-ethyl adjacent to an activating group) is 1. The van der Waals surface area contributed by atoms with Gasteiger partial charge in [0.25, 0.3) is 0 Å². The Morgan fingerprint density at radius 2 is 1.63 bits per heavy atom. The standard InChI is InChI=1S/C29H38N2O10/c1-17(2)27(36)39-19(5)40-28(37)31-23(15-24(32)38-18(3)4)29(41-25(33)16-30-6)14-10-9-13-22(29)20-11-7-8-12-21(20)26(34)35/h7-14,17-19,22-23,30H,15-16H2,1-6H3,(H,31,37)(H,34,35)/t19?,22?,23?,29-/m0/s1. The van der Waals surface area contributed by atoms with Crippen LogP contribution in [0.1, 0.15) is 62.9 Å². The number of carboxylic acids is 1. The Morgan fingerprint density at radius 1 is 0.951 bits per heavy atom. The van der Waals surface area contributed by atoms with Crippen LogP contribution in [0.5, 0.6) is 0 Å². The minimum absolute atomic E-state index is 0.0632. The number of alkyl carbamates (subject to hydrolysis) is 1. The van der Waals surface area contributed by atoms with Gasteiger partial charge in [0.1, 0.15) is 0 Å². The van der Waals surface area contributed by atoms with Gasteiger partial charge in [-0.2, -0.15) is 0 Å². The van der Waals surface area contributed by atoms with Gasteiger partial charge in [0.2, 0.25) is 6.29 Å². The minimum Gasteiger partial charge on any atom is -0.478 e. The summed E-state index contributed by atoms with van der Waals surface area (Å²) in [5, 5.41) is 15.2. The molecule has 224 valence electrons. The van der Waals surface area contributed by atoms with Crippen LogP contribution in [0.25, 0.3) is 0 Å². The SMILES string of the molecule is CNCC(=O)O[C@@]1(C(CC(=O)OC(C)C)NC(=O)OC(C)OC(=O)C(C)C)C=CC=CC1c1ccccc1C(=O)O. The second-order valence-electron chi connectivity index (χ2n) is 9.98. The van der Waals surface area contributed by atoms with E-state index in [1.165, 1.54) is 26.1 Å². The van der Waals surface area contributed by atoms with Crippen molar-refractivity contribution in [3.05, 3.63) is 59.7 Å². The van der Waals surface area contributed by atoms with Crippen molar-refractivity contribution in [1.82, 2.24) is 10.6 Å². The number of esters is 3. The van der Waals surface area contributed by atoms with Gasteiger partial charge >= 0.3 is 30.0 Å². The monoisotopic (exact) mass is 574 g/mol. The molecule has 0 saturated heterocycles. The molecule has 1 aliphatic rings. The first-order valence-electron chi connectivity index (χ1n) is 13.2. The Hall–Kier alpha value is -4.19. The maximum Gasteiger partial charge on any atom is 0.410 e. The van der Waals surface area contributed by atoms with Crippen molar-refractivity contribution in [3.8, 4) is 0 Å². The van der Waals surface area contributed by atoms with Crippen molar-refractivity contribution in [2.45, 2.75) is 71.0 Å². The predicted octanol–water partition coefficient (Wildman–Crippen LogP) is 3.08. The minimum atomic E-state index is -1.80. The van der Waals surface area contributed by atoms with Gasteiger partial charge in [0, 0.05) is 12.8 Å². The Kier molecular flexibility index (Phi) is 12.1. The van der Waals surface area contributed by atoms with Crippen LogP contribution in [0.4, 0.5) is 4.79 Å². The van der Waals surface area contributed by atoms with E-state index in [0.717, 1.165) is 0 Å². The lowest BCUT2D eigenvalue weighted by molar-refractivity contribution is -0.170. The topological polar surface area (TPSA) is 167 Å². The molecule has 41 heavy (non-hydrogen) atoms. The van der Waals surface area contributed by atoms with Crippen LogP contribution >= 0.6 is 0 Å². The Bertz CT molecular complexity index is 1180. The maximum absolute atomic E-state index is 13.1. The van der Waals surface area contributed by atoms with Gasteiger partial charge in [0.05, 0.1) is 36.6 Å². The fourth-order valence-corrected chi connectivity index (χ4v) is 4.28. The number of carboxylic acid groups (broad SMARTS) is 1. The first-order valence-corrected chi connectivity index (χ1v) is 13.2. The molecule has 0 spiro atoms.